The Kier molecular flexibility index (Phi) is 7.43. The number of nitrogens with one attached hydrogen (secondary N) is 2. The fourth-order valence-corrected chi connectivity index (χ4v) is 3.89. The lowest BCUT2D eigenvalue weighted by Crippen LogP contribution is -2.21. The molecule has 0 aromatic heterocycles. The van der Waals surface area contributed by atoms with E-state index in [0.717, 1.165) is 4.47 Å². The van der Waals surface area contributed by atoms with Crippen molar-refractivity contribution in [1.82, 2.24) is 5.43 Å². The molecule has 3 aromatic carbocycles. The van der Waals surface area contributed by atoms with Crippen LogP contribution in [0.4, 0.5) is 5.69 Å². The second-order valence-electron chi connectivity index (χ2n) is 6.25. The average Bonchev–Trinajstić information content (AvgIpc) is 2.77. The molecule has 3 N–H and O–H groups in total. The Labute approximate surface area is 195 Å². The summed E-state index contributed by atoms with van der Waals surface area (Å²) in [5, 5.41) is 16.7. The fourth-order valence-electron chi connectivity index (χ4n) is 2.63. The van der Waals surface area contributed by atoms with Gasteiger partial charge in [-0.15, -0.1) is 0 Å². The molecular formula is C22H17Br2N3O4. The van der Waals surface area contributed by atoms with Crippen LogP contribution in [-0.4, -0.2) is 30.2 Å². The summed E-state index contributed by atoms with van der Waals surface area (Å²) in [6.45, 7) is 0. The van der Waals surface area contributed by atoms with E-state index in [4.69, 9.17) is 4.74 Å². The van der Waals surface area contributed by atoms with Gasteiger partial charge in [0.15, 0.2) is 0 Å². The number of amides is 2. The van der Waals surface area contributed by atoms with Gasteiger partial charge in [-0.1, -0.05) is 28.1 Å². The van der Waals surface area contributed by atoms with Crippen molar-refractivity contribution in [3.8, 4) is 11.5 Å². The Morgan fingerprint density at radius 3 is 2.45 bits per heavy atom. The highest BCUT2D eigenvalue weighted by Gasteiger charge is 2.14. The van der Waals surface area contributed by atoms with E-state index in [2.05, 4.69) is 47.7 Å². The van der Waals surface area contributed by atoms with Gasteiger partial charge in [-0.05, 0) is 64.5 Å². The number of benzene rings is 3. The van der Waals surface area contributed by atoms with Crippen LogP contribution < -0.4 is 15.5 Å². The lowest BCUT2D eigenvalue weighted by molar-refractivity contribution is 0.0956. The molecule has 0 aliphatic rings. The smallest absolute Gasteiger partial charge is 0.273 e. The molecule has 0 saturated heterocycles. The molecular weight excluding hydrogens is 530 g/mol. The number of phenols is 1. The maximum atomic E-state index is 12.6. The van der Waals surface area contributed by atoms with Crippen LogP contribution in [0.1, 0.15) is 26.3 Å². The molecule has 0 heterocycles. The summed E-state index contributed by atoms with van der Waals surface area (Å²) in [6.07, 6.45) is 1.32. The number of hydrazone groups is 1. The third kappa shape index (κ3) is 5.71. The maximum Gasteiger partial charge on any atom is 0.273 e. The zero-order valence-electron chi connectivity index (χ0n) is 16.2. The number of methoxy groups -OCH3 is 1. The van der Waals surface area contributed by atoms with Crippen LogP contribution in [0.5, 0.6) is 11.5 Å². The second kappa shape index (κ2) is 10.2. The fraction of sp³-hybridized carbons (Fsp3) is 0.0455. The summed E-state index contributed by atoms with van der Waals surface area (Å²) in [5.74, 6) is -0.253. The van der Waals surface area contributed by atoms with Crippen molar-refractivity contribution in [3.63, 3.8) is 0 Å². The number of para-hydroxylation sites is 1. The Hall–Kier alpha value is -3.17. The molecule has 0 fully saturated rings. The third-order valence-electron chi connectivity index (χ3n) is 4.20. The maximum absolute atomic E-state index is 12.6. The summed E-state index contributed by atoms with van der Waals surface area (Å²) in [4.78, 5) is 25.1. The molecule has 0 spiro atoms. The minimum absolute atomic E-state index is 0.00615. The van der Waals surface area contributed by atoms with Gasteiger partial charge in [0.05, 0.1) is 29.0 Å². The van der Waals surface area contributed by atoms with Gasteiger partial charge in [0.25, 0.3) is 11.8 Å². The minimum atomic E-state index is -0.518. The highest BCUT2D eigenvalue weighted by Crippen LogP contribution is 2.30. The SMILES string of the molecule is COc1ccc(C(=O)Nc2ccccc2C(=O)N/N=C\c2cc(Br)cc(Br)c2O)cc1. The predicted molar refractivity (Wildman–Crippen MR) is 126 cm³/mol. The van der Waals surface area contributed by atoms with Crippen LogP contribution in [-0.2, 0) is 0 Å². The van der Waals surface area contributed by atoms with Gasteiger partial charge in [0, 0.05) is 15.6 Å². The normalized spacial score (nSPS) is 10.7. The Morgan fingerprint density at radius 1 is 1.03 bits per heavy atom. The highest BCUT2D eigenvalue weighted by molar-refractivity contribution is 9.11. The van der Waals surface area contributed by atoms with E-state index in [9.17, 15) is 14.7 Å². The number of halogens is 2. The Bertz CT molecular complexity index is 1150. The lowest BCUT2D eigenvalue weighted by Gasteiger charge is -2.10. The molecule has 0 aliphatic heterocycles. The van der Waals surface area contributed by atoms with Crippen molar-refractivity contribution in [3.05, 3.63) is 86.3 Å². The first-order valence-corrected chi connectivity index (χ1v) is 10.5. The molecule has 0 aliphatic carbocycles. The summed E-state index contributed by atoms with van der Waals surface area (Å²) in [5.41, 5.74) is 3.80. The van der Waals surface area contributed by atoms with Crippen molar-refractivity contribution in [2.45, 2.75) is 0 Å². The number of hydrogen-bond donors (Lipinski definition) is 3. The molecule has 0 bridgehead atoms. The van der Waals surface area contributed by atoms with E-state index in [1.807, 2.05) is 0 Å². The topological polar surface area (TPSA) is 100 Å². The third-order valence-corrected chi connectivity index (χ3v) is 5.26. The Morgan fingerprint density at radius 2 is 1.74 bits per heavy atom. The number of phenolic OH excluding ortho intramolecular Hbond substituents is 1. The van der Waals surface area contributed by atoms with Crippen molar-refractivity contribution in [2.24, 2.45) is 5.10 Å². The number of anilines is 1. The molecule has 0 atom stereocenters. The molecule has 3 rings (SSSR count). The summed E-state index contributed by atoms with van der Waals surface area (Å²) >= 11 is 6.56. The van der Waals surface area contributed by atoms with E-state index in [1.165, 1.54) is 6.21 Å². The average molecular weight is 547 g/mol. The number of ether oxygens (including phenoxy) is 1. The largest absolute Gasteiger partial charge is 0.506 e. The van der Waals surface area contributed by atoms with Crippen LogP contribution in [0.15, 0.2) is 74.7 Å². The van der Waals surface area contributed by atoms with Gasteiger partial charge < -0.3 is 15.2 Å². The summed E-state index contributed by atoms with van der Waals surface area (Å²) in [7, 11) is 1.54. The molecule has 31 heavy (non-hydrogen) atoms. The predicted octanol–water partition coefficient (Wildman–Crippen LogP) is 4.94. The van der Waals surface area contributed by atoms with Crippen molar-refractivity contribution < 1.29 is 19.4 Å². The molecule has 0 saturated carbocycles. The van der Waals surface area contributed by atoms with E-state index < -0.39 is 5.91 Å². The number of hydrogen-bond acceptors (Lipinski definition) is 5. The number of carbonyl (C=O) groups is 2. The number of nitrogens with zero attached hydrogens (tertiary/aromatic N) is 1. The van der Waals surface area contributed by atoms with Gasteiger partial charge in [0.2, 0.25) is 0 Å². The number of rotatable bonds is 6. The first kappa shape index (κ1) is 22.5. The van der Waals surface area contributed by atoms with Crippen LogP contribution in [0, 0.1) is 0 Å². The Balaban J connectivity index is 1.73. The van der Waals surface area contributed by atoms with Crippen LogP contribution >= 0.6 is 31.9 Å². The van der Waals surface area contributed by atoms with Gasteiger partial charge in [0.1, 0.15) is 11.5 Å². The first-order valence-electron chi connectivity index (χ1n) is 8.95. The zero-order valence-corrected chi connectivity index (χ0v) is 19.4. The van der Waals surface area contributed by atoms with E-state index >= 15 is 0 Å². The quantitative estimate of drug-likeness (QED) is 0.301. The van der Waals surface area contributed by atoms with Crippen LogP contribution in [0.2, 0.25) is 0 Å². The lowest BCUT2D eigenvalue weighted by atomic mass is 10.1. The van der Waals surface area contributed by atoms with Crippen LogP contribution in [0.25, 0.3) is 0 Å². The first-order chi connectivity index (χ1) is 14.9. The van der Waals surface area contributed by atoms with Crippen molar-refractivity contribution in [1.29, 1.82) is 0 Å². The summed E-state index contributed by atoms with van der Waals surface area (Å²) < 4.78 is 6.31. The molecule has 0 unspecified atom stereocenters. The van der Waals surface area contributed by atoms with Crippen molar-refractivity contribution >= 4 is 55.6 Å². The standard InChI is InChI=1S/C22H17Br2N3O4/c1-31-16-8-6-13(7-9-16)21(29)26-19-5-3-2-4-17(19)22(30)27-25-12-14-10-15(23)11-18(24)20(14)28/h2-12,28H,1H3,(H,26,29)(H,27,30)/b25-12-. The molecule has 3 aromatic rings. The van der Waals surface area contributed by atoms with Gasteiger partial charge in [-0.25, -0.2) is 5.43 Å². The monoisotopic (exact) mass is 545 g/mol. The minimum Gasteiger partial charge on any atom is -0.506 e. The van der Waals surface area contributed by atoms with E-state index in [-0.39, 0.29) is 17.2 Å². The van der Waals surface area contributed by atoms with E-state index in [1.54, 1.807) is 67.8 Å². The molecule has 158 valence electrons. The highest BCUT2D eigenvalue weighted by atomic mass is 79.9. The number of aromatic hydroxyl groups is 1. The molecule has 2 amide bonds. The van der Waals surface area contributed by atoms with Crippen molar-refractivity contribution in [2.75, 3.05) is 12.4 Å². The van der Waals surface area contributed by atoms with E-state index in [0.29, 0.717) is 27.0 Å². The van der Waals surface area contributed by atoms with Gasteiger partial charge in [-0.2, -0.15) is 5.10 Å². The molecule has 9 heteroatoms. The van der Waals surface area contributed by atoms with Gasteiger partial charge >= 0.3 is 0 Å². The zero-order chi connectivity index (χ0) is 22.4. The summed E-state index contributed by atoms with van der Waals surface area (Å²) in [6, 6.07) is 16.5. The second-order valence-corrected chi connectivity index (χ2v) is 8.02. The van der Waals surface area contributed by atoms with Gasteiger partial charge in [-0.3, -0.25) is 9.59 Å². The number of carbonyl (C=O) groups excluding carboxylic acids is 2. The van der Waals surface area contributed by atoms with Crippen LogP contribution in [0.3, 0.4) is 0 Å². The molecule has 7 nitrogen and oxygen atoms in total. The molecule has 0 radical (unpaired) electrons.